The number of nitrogen functional groups attached to an aromatic ring is 2. The molecule has 0 aliphatic heterocycles. The third-order valence-electron chi connectivity index (χ3n) is 3.51. The van der Waals surface area contributed by atoms with Crippen molar-refractivity contribution >= 4 is 41.1 Å². The molecule has 0 aliphatic rings. The lowest BCUT2D eigenvalue weighted by Crippen LogP contribution is -2.11. The fourth-order valence-corrected chi connectivity index (χ4v) is 2.21. The molecule has 0 atom stereocenters. The van der Waals surface area contributed by atoms with Crippen molar-refractivity contribution < 1.29 is 9.59 Å². The minimum atomic E-state index is -0.172. The largest absolute Gasteiger partial charge is 0.399 e. The topological polar surface area (TPSA) is 110 Å². The zero-order valence-corrected chi connectivity index (χ0v) is 14.1. The molecule has 0 heterocycles. The summed E-state index contributed by atoms with van der Waals surface area (Å²) in [6.07, 6.45) is 0. The molecule has 6 N–H and O–H groups in total. The van der Waals surface area contributed by atoms with E-state index in [4.69, 9.17) is 16.3 Å². The Hall–Kier alpha value is -3.80. The molecule has 26 heavy (non-hydrogen) atoms. The zero-order chi connectivity index (χ0) is 18.9. The van der Waals surface area contributed by atoms with E-state index in [9.17, 15) is 4.79 Å². The molecule has 3 aromatic rings. The molecule has 0 radical (unpaired) electrons. The molecule has 1 amide bonds. The second-order valence-electron chi connectivity index (χ2n) is 5.40. The van der Waals surface area contributed by atoms with Crippen molar-refractivity contribution in [2.45, 2.75) is 0 Å². The van der Waals surface area contributed by atoms with Gasteiger partial charge >= 0.3 is 0 Å². The summed E-state index contributed by atoms with van der Waals surface area (Å²) in [7, 11) is 0. The van der Waals surface area contributed by atoms with Gasteiger partial charge in [-0.05, 0) is 72.8 Å². The van der Waals surface area contributed by atoms with Crippen molar-refractivity contribution in [2.24, 2.45) is 0 Å². The predicted molar refractivity (Wildman–Crippen MR) is 107 cm³/mol. The van der Waals surface area contributed by atoms with Gasteiger partial charge in [-0.3, -0.25) is 4.79 Å². The summed E-state index contributed by atoms with van der Waals surface area (Å²) in [5.74, 6) is -0.172. The van der Waals surface area contributed by atoms with Gasteiger partial charge in [-0.1, -0.05) is 0 Å². The first kappa shape index (κ1) is 18.5. The summed E-state index contributed by atoms with van der Waals surface area (Å²) in [5.41, 5.74) is 15.8. The number of nitrogens with two attached hydrogens (primary N) is 2. The summed E-state index contributed by atoms with van der Waals surface area (Å²) in [5, 5.41) is 6.12. The first-order chi connectivity index (χ1) is 12.6. The van der Waals surface area contributed by atoms with Gasteiger partial charge in [-0.15, -0.1) is 0 Å². The van der Waals surface area contributed by atoms with Gasteiger partial charge < -0.3 is 26.9 Å². The van der Waals surface area contributed by atoms with Crippen LogP contribution in [0.5, 0.6) is 0 Å². The highest BCUT2D eigenvalue weighted by molar-refractivity contribution is 6.04. The second kappa shape index (κ2) is 8.89. The number of nitrogens with one attached hydrogen (secondary N) is 2. The summed E-state index contributed by atoms with van der Waals surface area (Å²) < 4.78 is 0. The third-order valence-corrected chi connectivity index (χ3v) is 3.51. The monoisotopic (exact) mass is 348 g/mol. The molecule has 0 saturated carbocycles. The predicted octanol–water partition coefficient (Wildman–Crippen LogP) is 3.66. The maximum absolute atomic E-state index is 12.2. The average Bonchev–Trinajstić information content (AvgIpc) is 2.67. The highest BCUT2D eigenvalue weighted by Gasteiger charge is 2.05. The van der Waals surface area contributed by atoms with Crippen LogP contribution in [0.25, 0.3) is 0 Å². The Balaban J connectivity index is 0.00000117. The van der Waals surface area contributed by atoms with E-state index in [-0.39, 0.29) is 5.91 Å². The smallest absolute Gasteiger partial charge is 0.255 e. The van der Waals surface area contributed by atoms with Gasteiger partial charge in [0.05, 0.1) is 0 Å². The fraction of sp³-hybridized carbons (Fsp3) is 0. The maximum atomic E-state index is 12.2. The summed E-state index contributed by atoms with van der Waals surface area (Å²) in [6.45, 7) is 2.00. The molecule has 6 heteroatoms. The maximum Gasteiger partial charge on any atom is 0.255 e. The molecule has 3 aromatic carbocycles. The third kappa shape index (κ3) is 5.10. The second-order valence-corrected chi connectivity index (χ2v) is 5.40. The molecule has 0 bridgehead atoms. The van der Waals surface area contributed by atoms with Gasteiger partial charge in [-0.2, -0.15) is 0 Å². The van der Waals surface area contributed by atoms with Crippen molar-refractivity contribution in [3.63, 3.8) is 0 Å². The van der Waals surface area contributed by atoms with E-state index in [1.807, 2.05) is 55.3 Å². The molecule has 6 nitrogen and oxygen atoms in total. The van der Waals surface area contributed by atoms with Crippen LogP contribution in [-0.2, 0) is 4.79 Å². The van der Waals surface area contributed by atoms with Crippen molar-refractivity contribution in [2.75, 3.05) is 22.1 Å². The van der Waals surface area contributed by atoms with E-state index in [1.54, 1.807) is 24.3 Å². The number of hydrogen-bond donors (Lipinski definition) is 4. The van der Waals surface area contributed by atoms with Gasteiger partial charge in [0.2, 0.25) is 0 Å². The number of anilines is 5. The lowest BCUT2D eigenvalue weighted by molar-refractivity contribution is -0.0980. The molecule has 132 valence electrons. The van der Waals surface area contributed by atoms with Gasteiger partial charge in [0, 0.05) is 34.0 Å². The molecule has 0 saturated heterocycles. The van der Waals surface area contributed by atoms with Crippen molar-refractivity contribution in [1.82, 2.24) is 0 Å². The summed E-state index contributed by atoms with van der Waals surface area (Å²) >= 11 is 0. The van der Waals surface area contributed by atoms with Crippen molar-refractivity contribution in [1.29, 1.82) is 0 Å². The molecule has 0 fully saturated rings. The van der Waals surface area contributed by atoms with Gasteiger partial charge in [0.15, 0.2) is 0 Å². The standard InChI is InChI=1S/C19H18N4O.CH2O/c20-14-3-1-13(2-4-14)19(24)23-18-11-9-17(10-12-18)22-16-7-5-15(21)6-8-16;1-2/h1-12,22H,20-21H2,(H,23,24);1H2. The lowest BCUT2D eigenvalue weighted by Gasteiger charge is -2.09. The molecule has 0 aromatic heterocycles. The van der Waals surface area contributed by atoms with Crippen LogP contribution in [-0.4, -0.2) is 12.7 Å². The Morgan fingerprint density at radius 1 is 0.654 bits per heavy atom. The molecule has 3 rings (SSSR count). The van der Waals surface area contributed by atoms with Crippen LogP contribution in [0.1, 0.15) is 10.4 Å². The Labute approximate surface area is 151 Å². The van der Waals surface area contributed by atoms with Crippen LogP contribution in [0, 0.1) is 0 Å². The van der Waals surface area contributed by atoms with Crippen LogP contribution in [0.3, 0.4) is 0 Å². The van der Waals surface area contributed by atoms with E-state index in [1.165, 1.54) is 0 Å². The molecule has 0 spiro atoms. The van der Waals surface area contributed by atoms with Crippen LogP contribution in [0.4, 0.5) is 28.4 Å². The number of benzene rings is 3. The summed E-state index contributed by atoms with van der Waals surface area (Å²) in [6, 6.07) is 21.8. The van der Waals surface area contributed by atoms with E-state index in [0.29, 0.717) is 11.3 Å². The van der Waals surface area contributed by atoms with Crippen LogP contribution >= 0.6 is 0 Å². The Kier molecular flexibility index (Phi) is 6.34. The number of carbonyl (C=O) groups is 2. The Morgan fingerprint density at radius 2 is 1.04 bits per heavy atom. The summed E-state index contributed by atoms with van der Waals surface area (Å²) in [4.78, 5) is 20.2. The fourth-order valence-electron chi connectivity index (χ4n) is 2.21. The zero-order valence-electron chi connectivity index (χ0n) is 14.1. The van der Waals surface area contributed by atoms with Gasteiger partial charge in [-0.25, -0.2) is 0 Å². The van der Waals surface area contributed by atoms with Gasteiger partial charge in [0.1, 0.15) is 6.79 Å². The van der Waals surface area contributed by atoms with Crippen LogP contribution in [0.2, 0.25) is 0 Å². The molecular weight excluding hydrogens is 328 g/mol. The number of carbonyl (C=O) groups excluding carboxylic acids is 2. The van der Waals surface area contributed by atoms with E-state index in [0.717, 1.165) is 22.7 Å². The van der Waals surface area contributed by atoms with E-state index >= 15 is 0 Å². The number of rotatable bonds is 4. The minimum absolute atomic E-state index is 0.172. The van der Waals surface area contributed by atoms with Gasteiger partial charge in [0.25, 0.3) is 5.91 Å². The SMILES string of the molecule is C=O.Nc1ccc(Nc2ccc(NC(=O)c3ccc(N)cc3)cc2)cc1. The minimum Gasteiger partial charge on any atom is -0.399 e. The molecule has 0 aliphatic carbocycles. The van der Waals surface area contributed by atoms with Crippen LogP contribution < -0.4 is 22.1 Å². The highest BCUT2D eigenvalue weighted by atomic mass is 16.1. The van der Waals surface area contributed by atoms with Crippen molar-refractivity contribution in [3.05, 3.63) is 78.4 Å². The van der Waals surface area contributed by atoms with E-state index in [2.05, 4.69) is 10.6 Å². The lowest BCUT2D eigenvalue weighted by atomic mass is 10.2. The Bertz CT molecular complexity index is 844. The normalized spacial score (nSPS) is 9.54. The number of hydrogen-bond acceptors (Lipinski definition) is 5. The van der Waals surface area contributed by atoms with Crippen molar-refractivity contribution in [3.8, 4) is 0 Å². The average molecular weight is 348 g/mol. The van der Waals surface area contributed by atoms with E-state index < -0.39 is 0 Å². The molecular formula is C20H20N4O2. The molecule has 0 unspecified atom stereocenters. The highest BCUT2D eigenvalue weighted by Crippen LogP contribution is 2.20. The number of amides is 1. The Morgan fingerprint density at radius 3 is 1.54 bits per heavy atom. The van der Waals surface area contributed by atoms with Crippen LogP contribution in [0.15, 0.2) is 72.8 Å². The first-order valence-electron chi connectivity index (χ1n) is 7.78. The first-order valence-corrected chi connectivity index (χ1v) is 7.78. The quantitative estimate of drug-likeness (QED) is 0.538.